The van der Waals surface area contributed by atoms with Gasteiger partial charge in [-0.05, 0) is 73.5 Å². The van der Waals surface area contributed by atoms with Gasteiger partial charge in [-0.1, -0.05) is 29.3 Å². The van der Waals surface area contributed by atoms with E-state index in [9.17, 15) is 4.79 Å². The molecule has 1 amide bonds. The molecule has 0 saturated carbocycles. The van der Waals surface area contributed by atoms with E-state index in [1.165, 1.54) is 11.1 Å². The van der Waals surface area contributed by atoms with Gasteiger partial charge in [-0.25, -0.2) is 4.98 Å². The molecule has 0 unspecified atom stereocenters. The molecule has 2 N–H and O–H groups in total. The van der Waals surface area contributed by atoms with E-state index in [0.717, 1.165) is 22.4 Å². The van der Waals surface area contributed by atoms with Crippen molar-refractivity contribution in [2.24, 2.45) is 0 Å². The maximum absolute atomic E-state index is 12.4. The lowest BCUT2D eigenvalue weighted by atomic mass is 10.1. The highest BCUT2D eigenvalue weighted by atomic mass is 35.5. The number of hydrogen-bond donors (Lipinski definition) is 2. The maximum atomic E-state index is 12.4. The average molecular weight is 410 g/mol. The van der Waals surface area contributed by atoms with E-state index in [-0.39, 0.29) is 5.91 Å². The topological polar surface area (TPSA) is 57.8 Å². The van der Waals surface area contributed by atoms with Crippen molar-refractivity contribution in [1.29, 1.82) is 0 Å². The minimum Gasteiger partial charge on any atom is -0.338 e. The molecule has 1 heterocycles. The quantitative estimate of drug-likeness (QED) is 0.410. The number of aromatic amines is 1. The van der Waals surface area contributed by atoms with Crippen LogP contribution >= 0.6 is 23.2 Å². The van der Waals surface area contributed by atoms with Crippen LogP contribution in [0.3, 0.4) is 0 Å². The molecule has 0 aliphatic carbocycles. The Morgan fingerprint density at radius 3 is 2.43 bits per heavy atom. The van der Waals surface area contributed by atoms with Crippen molar-refractivity contribution in [3.05, 3.63) is 81.3 Å². The number of imidazole rings is 1. The Hall–Kier alpha value is -2.82. The molecule has 0 radical (unpaired) electrons. The summed E-state index contributed by atoms with van der Waals surface area (Å²) in [5, 5.41) is 3.62. The second-order valence-corrected chi connectivity index (χ2v) is 7.46. The highest BCUT2D eigenvalue weighted by molar-refractivity contribution is 6.42. The van der Waals surface area contributed by atoms with Crippen molar-refractivity contribution in [2.45, 2.75) is 13.8 Å². The van der Waals surface area contributed by atoms with Crippen LogP contribution in [-0.4, -0.2) is 15.9 Å². The predicted molar refractivity (Wildman–Crippen MR) is 115 cm³/mol. The van der Waals surface area contributed by atoms with E-state index in [2.05, 4.69) is 30.2 Å². The Bertz CT molecular complexity index is 1200. The molecule has 4 nitrogen and oxygen atoms in total. The zero-order chi connectivity index (χ0) is 19.8. The number of aryl methyl sites for hydroxylation is 2. The zero-order valence-electron chi connectivity index (χ0n) is 15.3. The van der Waals surface area contributed by atoms with E-state index in [1.807, 2.05) is 30.3 Å². The Labute approximate surface area is 172 Å². The number of amides is 1. The minimum atomic E-state index is -0.249. The lowest BCUT2D eigenvalue weighted by Gasteiger charge is -2.07. The second kappa shape index (κ2) is 7.30. The summed E-state index contributed by atoms with van der Waals surface area (Å²) in [7, 11) is 0. The van der Waals surface area contributed by atoms with Crippen molar-refractivity contribution in [3.8, 4) is 11.4 Å². The number of H-pyrrole nitrogens is 1. The summed E-state index contributed by atoms with van der Waals surface area (Å²) in [4.78, 5) is 20.5. The van der Waals surface area contributed by atoms with Gasteiger partial charge in [-0.15, -0.1) is 0 Å². The average Bonchev–Trinajstić information content (AvgIpc) is 3.12. The summed E-state index contributed by atoms with van der Waals surface area (Å²) in [5.74, 6) is 0.548. The second-order valence-electron chi connectivity index (χ2n) is 6.65. The van der Waals surface area contributed by atoms with Gasteiger partial charge < -0.3 is 10.3 Å². The Kier molecular flexibility index (Phi) is 4.84. The van der Waals surface area contributed by atoms with Crippen LogP contribution in [0.15, 0.2) is 54.6 Å². The van der Waals surface area contributed by atoms with Gasteiger partial charge in [-0.3, -0.25) is 4.79 Å². The molecule has 0 aliphatic rings. The summed E-state index contributed by atoms with van der Waals surface area (Å²) < 4.78 is 0. The summed E-state index contributed by atoms with van der Waals surface area (Å²) in [6.07, 6.45) is 0. The molecule has 0 saturated heterocycles. The Morgan fingerprint density at radius 2 is 1.71 bits per heavy atom. The molecule has 1 aromatic heterocycles. The number of fused-ring (bicyclic) bond motifs is 1. The monoisotopic (exact) mass is 409 g/mol. The number of carbonyl (C=O) groups excluding carboxylic acids is 1. The number of aromatic nitrogens is 2. The molecule has 140 valence electrons. The molecule has 28 heavy (non-hydrogen) atoms. The first kappa shape index (κ1) is 18.5. The molecule has 0 bridgehead atoms. The highest BCUT2D eigenvalue weighted by Crippen LogP contribution is 2.26. The van der Waals surface area contributed by atoms with Crippen LogP contribution in [0, 0.1) is 13.8 Å². The number of carbonyl (C=O) groups is 1. The van der Waals surface area contributed by atoms with Crippen LogP contribution < -0.4 is 5.32 Å². The first-order chi connectivity index (χ1) is 13.4. The SMILES string of the molecule is Cc1ccc2[nH]c(-c3ccc(NC(=O)c4ccc(Cl)c(Cl)c4)cc3)nc2c1C. The molecule has 0 spiro atoms. The van der Waals surface area contributed by atoms with Gasteiger partial charge in [0.15, 0.2) is 0 Å². The number of benzene rings is 3. The smallest absolute Gasteiger partial charge is 0.255 e. The molecule has 4 aromatic rings. The normalized spacial score (nSPS) is 11.0. The third-order valence-corrected chi connectivity index (χ3v) is 5.52. The molecular formula is C22H17Cl2N3O. The van der Waals surface area contributed by atoms with Crippen molar-refractivity contribution < 1.29 is 4.79 Å². The van der Waals surface area contributed by atoms with Gasteiger partial charge in [0.05, 0.1) is 21.1 Å². The van der Waals surface area contributed by atoms with Crippen LogP contribution in [0.1, 0.15) is 21.5 Å². The van der Waals surface area contributed by atoms with E-state index in [1.54, 1.807) is 18.2 Å². The fraction of sp³-hybridized carbons (Fsp3) is 0.0909. The number of hydrogen-bond acceptors (Lipinski definition) is 2. The molecule has 0 fully saturated rings. The standard InChI is InChI=1S/C22H17Cl2N3O/c1-12-3-10-19-20(13(12)2)27-21(26-19)14-4-7-16(8-5-14)25-22(28)15-6-9-17(23)18(24)11-15/h3-11H,1-2H3,(H,25,28)(H,26,27). The molecule has 4 rings (SSSR count). The molecule has 6 heteroatoms. The number of halogens is 2. The van der Waals surface area contributed by atoms with Crippen LogP contribution in [0.25, 0.3) is 22.4 Å². The molecule has 3 aromatic carbocycles. The van der Waals surface area contributed by atoms with Gasteiger partial charge in [0.2, 0.25) is 0 Å². The van der Waals surface area contributed by atoms with Crippen LogP contribution in [0.2, 0.25) is 10.0 Å². The van der Waals surface area contributed by atoms with Crippen LogP contribution in [0.5, 0.6) is 0 Å². The van der Waals surface area contributed by atoms with Crippen molar-refractivity contribution in [3.63, 3.8) is 0 Å². The van der Waals surface area contributed by atoms with E-state index in [4.69, 9.17) is 28.2 Å². The van der Waals surface area contributed by atoms with Crippen LogP contribution in [-0.2, 0) is 0 Å². The first-order valence-electron chi connectivity index (χ1n) is 8.75. The van der Waals surface area contributed by atoms with E-state index < -0.39 is 0 Å². The van der Waals surface area contributed by atoms with Crippen molar-refractivity contribution in [2.75, 3.05) is 5.32 Å². The summed E-state index contributed by atoms with van der Waals surface area (Å²) >= 11 is 11.9. The Balaban J connectivity index is 1.56. The number of rotatable bonds is 3. The van der Waals surface area contributed by atoms with Gasteiger partial charge in [-0.2, -0.15) is 0 Å². The largest absolute Gasteiger partial charge is 0.338 e. The van der Waals surface area contributed by atoms with Crippen molar-refractivity contribution >= 4 is 45.8 Å². The first-order valence-corrected chi connectivity index (χ1v) is 9.51. The fourth-order valence-corrected chi connectivity index (χ4v) is 3.30. The predicted octanol–water partition coefficient (Wildman–Crippen LogP) is 6.41. The molecule has 0 atom stereocenters. The Morgan fingerprint density at radius 1 is 0.964 bits per heavy atom. The van der Waals surface area contributed by atoms with Gasteiger partial charge >= 0.3 is 0 Å². The summed E-state index contributed by atoms with van der Waals surface area (Å²) in [6, 6.07) is 16.4. The van der Waals surface area contributed by atoms with Gasteiger partial charge in [0, 0.05) is 16.8 Å². The van der Waals surface area contributed by atoms with E-state index >= 15 is 0 Å². The number of nitrogens with zero attached hydrogens (tertiary/aromatic N) is 1. The maximum Gasteiger partial charge on any atom is 0.255 e. The minimum absolute atomic E-state index is 0.249. The fourth-order valence-electron chi connectivity index (χ4n) is 3.00. The molecule has 0 aliphatic heterocycles. The lowest BCUT2D eigenvalue weighted by molar-refractivity contribution is 0.102. The van der Waals surface area contributed by atoms with Gasteiger partial charge in [0.25, 0.3) is 5.91 Å². The number of anilines is 1. The molecular weight excluding hydrogens is 393 g/mol. The highest BCUT2D eigenvalue weighted by Gasteiger charge is 2.11. The lowest BCUT2D eigenvalue weighted by Crippen LogP contribution is -2.11. The third kappa shape index (κ3) is 3.49. The van der Waals surface area contributed by atoms with Gasteiger partial charge in [0.1, 0.15) is 5.82 Å². The van der Waals surface area contributed by atoms with Crippen molar-refractivity contribution in [1.82, 2.24) is 9.97 Å². The zero-order valence-corrected chi connectivity index (χ0v) is 16.8. The summed E-state index contributed by atoms with van der Waals surface area (Å²) in [6.45, 7) is 4.15. The third-order valence-electron chi connectivity index (χ3n) is 4.78. The van der Waals surface area contributed by atoms with Crippen LogP contribution in [0.4, 0.5) is 5.69 Å². The summed E-state index contributed by atoms with van der Waals surface area (Å²) in [5.41, 5.74) is 6.45. The number of nitrogens with one attached hydrogen (secondary N) is 2. The van der Waals surface area contributed by atoms with E-state index in [0.29, 0.717) is 21.3 Å².